The fourth-order valence-corrected chi connectivity index (χ4v) is 4.09. The van der Waals surface area contributed by atoms with E-state index in [1.165, 1.54) is 11.1 Å². The molecule has 2 aromatic heterocycles. The maximum atomic E-state index is 12.2. The molecule has 34 heavy (non-hydrogen) atoms. The summed E-state index contributed by atoms with van der Waals surface area (Å²) in [4.78, 5) is 21.3. The van der Waals surface area contributed by atoms with Crippen molar-refractivity contribution in [2.75, 3.05) is 6.61 Å². The molecule has 0 radical (unpaired) electrons. The second-order valence-electron chi connectivity index (χ2n) is 8.33. The van der Waals surface area contributed by atoms with E-state index in [9.17, 15) is 4.79 Å². The number of imidazole rings is 1. The highest BCUT2D eigenvalue weighted by Gasteiger charge is 2.10. The number of hydrogen-bond donors (Lipinski definition) is 1. The third-order valence-corrected chi connectivity index (χ3v) is 5.96. The number of aliphatic hydroxyl groups is 1. The van der Waals surface area contributed by atoms with Gasteiger partial charge in [0, 0.05) is 35.9 Å². The number of carbonyl (C=O) groups is 1. The predicted octanol–water partition coefficient (Wildman–Crippen LogP) is 5.61. The van der Waals surface area contributed by atoms with Gasteiger partial charge in [0.15, 0.2) is 11.4 Å². The summed E-state index contributed by atoms with van der Waals surface area (Å²) < 4.78 is 2.05. The van der Waals surface area contributed by atoms with Crippen LogP contribution in [-0.4, -0.2) is 31.9 Å². The van der Waals surface area contributed by atoms with Crippen LogP contribution < -0.4 is 0 Å². The molecule has 5 nitrogen and oxygen atoms in total. The Labute approximate surface area is 198 Å². The average Bonchev–Trinajstić information content (AvgIpc) is 3.32. The van der Waals surface area contributed by atoms with Gasteiger partial charge in [-0.2, -0.15) is 0 Å². The van der Waals surface area contributed by atoms with Crippen LogP contribution in [0.25, 0.3) is 28.2 Å². The molecule has 5 aromatic rings. The predicted molar refractivity (Wildman–Crippen MR) is 134 cm³/mol. The van der Waals surface area contributed by atoms with Crippen molar-refractivity contribution >= 4 is 11.4 Å². The first kappa shape index (κ1) is 21.7. The monoisotopic (exact) mass is 447 g/mol. The summed E-state index contributed by atoms with van der Waals surface area (Å²) in [6, 6.07) is 26.5. The van der Waals surface area contributed by atoms with E-state index < -0.39 is 0 Å². The zero-order valence-electron chi connectivity index (χ0n) is 18.8. The van der Waals surface area contributed by atoms with Crippen molar-refractivity contribution in [3.8, 4) is 22.5 Å². The number of ketones is 1. The van der Waals surface area contributed by atoms with Gasteiger partial charge in [0.2, 0.25) is 0 Å². The Balaban J connectivity index is 1.39. The van der Waals surface area contributed by atoms with Crippen molar-refractivity contribution < 1.29 is 9.90 Å². The average molecular weight is 448 g/mol. The van der Waals surface area contributed by atoms with Gasteiger partial charge in [-0.25, -0.2) is 4.98 Å². The van der Waals surface area contributed by atoms with E-state index in [4.69, 9.17) is 5.11 Å². The molecule has 0 aliphatic heterocycles. The number of aliphatic hydroxyl groups excluding tert-OH is 1. The molecule has 0 aliphatic rings. The van der Waals surface area contributed by atoms with E-state index in [2.05, 4.69) is 62.9 Å². The Morgan fingerprint density at radius 2 is 1.50 bits per heavy atom. The molecule has 1 N–H and O–H groups in total. The summed E-state index contributed by atoms with van der Waals surface area (Å²) in [6.07, 6.45) is 7.36. The summed E-state index contributed by atoms with van der Waals surface area (Å²) in [5.41, 5.74) is 7.81. The van der Waals surface area contributed by atoms with Crippen LogP contribution in [0.3, 0.4) is 0 Å². The number of rotatable bonds is 8. The van der Waals surface area contributed by atoms with E-state index in [-0.39, 0.29) is 12.4 Å². The zero-order chi connectivity index (χ0) is 23.3. The standard InChI is InChI=1S/C29H25N3O2/c33-16-4-7-28(34)25-14-12-23(13-15-25)26-20-32-27(18-31-29(32)19-30-26)24-10-8-22(9-11-24)17-21-5-2-1-3-6-21/h1-3,5-6,8-15,18-20,33H,4,7,16-17H2. The molecule has 3 aromatic carbocycles. The quantitative estimate of drug-likeness (QED) is 0.314. The van der Waals surface area contributed by atoms with E-state index in [1.54, 1.807) is 6.20 Å². The SMILES string of the molecule is O=C(CCCO)c1ccc(-c2cn3c(-c4ccc(Cc5ccccc5)cc4)cnc3cn2)cc1. The summed E-state index contributed by atoms with van der Waals surface area (Å²) in [7, 11) is 0. The van der Waals surface area contributed by atoms with Crippen LogP contribution in [-0.2, 0) is 6.42 Å². The Kier molecular flexibility index (Phi) is 6.27. The molecule has 0 bridgehead atoms. The van der Waals surface area contributed by atoms with Gasteiger partial charge in [-0.1, -0.05) is 78.9 Å². The van der Waals surface area contributed by atoms with Crippen LogP contribution in [0.2, 0.25) is 0 Å². The number of Topliss-reactive ketones (excluding diaryl/α,β-unsaturated/α-hetero) is 1. The summed E-state index contributed by atoms with van der Waals surface area (Å²) in [6.45, 7) is 0.0246. The molecule has 5 heteroatoms. The molecule has 0 fully saturated rings. The van der Waals surface area contributed by atoms with Gasteiger partial charge in [-0.15, -0.1) is 0 Å². The molecule has 0 spiro atoms. The van der Waals surface area contributed by atoms with Crippen LogP contribution in [0.4, 0.5) is 0 Å². The first-order chi connectivity index (χ1) is 16.7. The molecular weight excluding hydrogens is 422 g/mol. The summed E-state index contributed by atoms with van der Waals surface area (Å²) in [5, 5.41) is 8.93. The van der Waals surface area contributed by atoms with Crippen LogP contribution >= 0.6 is 0 Å². The molecule has 0 aliphatic carbocycles. The third-order valence-electron chi connectivity index (χ3n) is 5.96. The Morgan fingerprint density at radius 3 is 2.24 bits per heavy atom. The Bertz CT molecular complexity index is 1410. The lowest BCUT2D eigenvalue weighted by Gasteiger charge is -2.07. The minimum atomic E-state index is 0.0246. The van der Waals surface area contributed by atoms with Gasteiger partial charge in [-0.05, 0) is 24.0 Å². The molecule has 0 saturated heterocycles. The van der Waals surface area contributed by atoms with Crippen molar-refractivity contribution in [2.45, 2.75) is 19.3 Å². The number of fused-ring (bicyclic) bond motifs is 1. The van der Waals surface area contributed by atoms with Gasteiger partial charge >= 0.3 is 0 Å². The van der Waals surface area contributed by atoms with Crippen molar-refractivity contribution in [3.05, 3.63) is 114 Å². The largest absolute Gasteiger partial charge is 0.396 e. The second kappa shape index (κ2) is 9.81. The first-order valence-electron chi connectivity index (χ1n) is 11.4. The number of benzene rings is 3. The van der Waals surface area contributed by atoms with Gasteiger partial charge in [-0.3, -0.25) is 14.2 Å². The fraction of sp³-hybridized carbons (Fsp3) is 0.138. The van der Waals surface area contributed by atoms with E-state index >= 15 is 0 Å². The van der Waals surface area contributed by atoms with E-state index in [1.807, 2.05) is 42.7 Å². The highest BCUT2D eigenvalue weighted by molar-refractivity contribution is 5.96. The molecular formula is C29H25N3O2. The molecule has 0 atom stereocenters. The molecule has 2 heterocycles. The lowest BCUT2D eigenvalue weighted by atomic mass is 10.0. The van der Waals surface area contributed by atoms with Crippen LogP contribution in [0.1, 0.15) is 34.3 Å². The van der Waals surface area contributed by atoms with Crippen molar-refractivity contribution in [3.63, 3.8) is 0 Å². The molecule has 0 unspecified atom stereocenters. The number of nitrogens with zero attached hydrogens (tertiary/aromatic N) is 3. The summed E-state index contributed by atoms with van der Waals surface area (Å²) >= 11 is 0. The van der Waals surface area contributed by atoms with Gasteiger partial charge < -0.3 is 5.11 Å². The Morgan fingerprint density at radius 1 is 0.794 bits per heavy atom. The zero-order valence-corrected chi connectivity index (χ0v) is 18.8. The van der Waals surface area contributed by atoms with Gasteiger partial charge in [0.05, 0.1) is 23.8 Å². The molecule has 0 amide bonds. The topological polar surface area (TPSA) is 67.5 Å². The maximum Gasteiger partial charge on any atom is 0.162 e. The first-order valence-corrected chi connectivity index (χ1v) is 11.4. The lowest BCUT2D eigenvalue weighted by Crippen LogP contribution is -2.00. The molecule has 5 rings (SSSR count). The minimum absolute atomic E-state index is 0.0246. The maximum absolute atomic E-state index is 12.2. The second-order valence-corrected chi connectivity index (χ2v) is 8.33. The number of aromatic nitrogens is 3. The number of carbonyl (C=O) groups excluding carboxylic acids is 1. The van der Waals surface area contributed by atoms with E-state index in [0.717, 1.165) is 34.6 Å². The smallest absolute Gasteiger partial charge is 0.162 e. The van der Waals surface area contributed by atoms with Crippen LogP contribution in [0.5, 0.6) is 0 Å². The lowest BCUT2D eigenvalue weighted by molar-refractivity contribution is 0.0971. The normalized spacial score (nSPS) is 11.1. The fourth-order valence-electron chi connectivity index (χ4n) is 4.09. The van der Waals surface area contributed by atoms with Crippen molar-refractivity contribution in [1.82, 2.24) is 14.4 Å². The number of hydrogen-bond acceptors (Lipinski definition) is 4. The highest BCUT2D eigenvalue weighted by Crippen LogP contribution is 2.25. The van der Waals surface area contributed by atoms with Crippen LogP contribution in [0.15, 0.2) is 97.5 Å². The summed E-state index contributed by atoms with van der Waals surface area (Å²) in [5.74, 6) is 0.0385. The van der Waals surface area contributed by atoms with E-state index in [0.29, 0.717) is 18.4 Å². The minimum Gasteiger partial charge on any atom is -0.396 e. The van der Waals surface area contributed by atoms with Crippen molar-refractivity contribution in [2.24, 2.45) is 0 Å². The van der Waals surface area contributed by atoms with Crippen molar-refractivity contribution in [1.29, 1.82) is 0 Å². The highest BCUT2D eigenvalue weighted by atomic mass is 16.3. The molecule has 168 valence electrons. The van der Waals surface area contributed by atoms with Gasteiger partial charge in [0.25, 0.3) is 0 Å². The molecule has 0 saturated carbocycles. The third kappa shape index (κ3) is 4.65. The Hall–Kier alpha value is -4.09. The van der Waals surface area contributed by atoms with Crippen LogP contribution in [0, 0.1) is 0 Å². The van der Waals surface area contributed by atoms with Gasteiger partial charge in [0.1, 0.15) is 0 Å².